The van der Waals surface area contributed by atoms with Crippen molar-refractivity contribution in [3.05, 3.63) is 93.7 Å². The van der Waals surface area contributed by atoms with E-state index in [2.05, 4.69) is 20.2 Å². The molecule has 4 aromatic heterocycles. The van der Waals surface area contributed by atoms with Crippen molar-refractivity contribution in [3.8, 4) is 0 Å². The third-order valence-corrected chi connectivity index (χ3v) is 12.0. The third-order valence-electron chi connectivity index (χ3n) is 12.0. The van der Waals surface area contributed by atoms with E-state index in [4.69, 9.17) is 16.2 Å². The highest BCUT2D eigenvalue weighted by molar-refractivity contribution is 5.98. The quantitative estimate of drug-likeness (QED) is 0.152. The normalized spacial score (nSPS) is 14.2. The van der Waals surface area contributed by atoms with Gasteiger partial charge in [-0.3, -0.25) is 38.1 Å². The molecule has 6 amide bonds. The summed E-state index contributed by atoms with van der Waals surface area (Å²) in [5.41, 5.74) is 17.0. The van der Waals surface area contributed by atoms with Crippen LogP contribution in [0.2, 0.25) is 0 Å². The molecule has 6 aromatic rings. The summed E-state index contributed by atoms with van der Waals surface area (Å²) in [5, 5.41) is 8.85. The Kier molecular flexibility index (Phi) is 13.7. The molecule has 1 fully saturated rings. The van der Waals surface area contributed by atoms with Crippen molar-refractivity contribution < 1.29 is 33.5 Å². The van der Waals surface area contributed by atoms with Gasteiger partial charge < -0.3 is 44.3 Å². The number of carbonyl (C=O) groups excluding carboxylic acids is 6. The van der Waals surface area contributed by atoms with Crippen LogP contribution in [0, 0.1) is 13.8 Å². The predicted octanol–water partition coefficient (Wildman–Crippen LogP) is 1.56. The smallest absolute Gasteiger partial charge is 0.298 e. The van der Waals surface area contributed by atoms with Gasteiger partial charge in [0.05, 0.1) is 39.6 Å². The number of hydrogen-bond acceptors (Lipinski definition) is 9. The Morgan fingerprint density at radius 1 is 0.652 bits per heavy atom. The second-order valence-electron chi connectivity index (χ2n) is 16.4. The van der Waals surface area contributed by atoms with Crippen LogP contribution in [0.3, 0.4) is 0 Å². The minimum atomic E-state index is -0.613. The summed E-state index contributed by atoms with van der Waals surface area (Å²) in [7, 11) is 3.50. The number of benzene rings is 2. The molecule has 21 nitrogen and oxygen atoms in total. The summed E-state index contributed by atoms with van der Waals surface area (Å²) < 4.78 is 16.9. The molecule has 7 rings (SSSR count). The van der Waals surface area contributed by atoms with E-state index in [9.17, 15) is 28.8 Å². The molecule has 21 heteroatoms. The van der Waals surface area contributed by atoms with E-state index in [1.807, 2.05) is 23.0 Å². The van der Waals surface area contributed by atoms with Gasteiger partial charge in [0.2, 0.25) is 34.9 Å². The number of imidazole rings is 2. The van der Waals surface area contributed by atoms with Gasteiger partial charge in [0, 0.05) is 84.5 Å². The number of ether oxygens (including phenoxy) is 1. The van der Waals surface area contributed by atoms with E-state index in [0.29, 0.717) is 108 Å². The lowest BCUT2D eigenvalue weighted by molar-refractivity contribution is -0.143. The summed E-state index contributed by atoms with van der Waals surface area (Å²) in [6, 6.07) is 13.4. The predicted molar refractivity (Wildman–Crippen MR) is 242 cm³/mol. The minimum absolute atomic E-state index is 0.0511. The standard InChI is InChI=1S/C45H56N14O7/c1-8-58-37(22-27(3)50-58)42(64)48-44-52(6)35-24-30(40(46)62)10-12-33(35)56(44)16-14-32(66-26-39(61)55-20-18-54(19-21-55)29(5)60)15-17-57-34-13-11-31(41(47)63)25-36(34)53(7)45(57)49-43(65)38-23-28(4)51-59(38)9-2/h10-13,22-25,32H,8-9,14-21,26H2,1-7H3,(H2,46,62)(H2,47,63). The average molecular weight is 905 g/mol. The summed E-state index contributed by atoms with van der Waals surface area (Å²) in [5.74, 6) is -2.53. The SMILES string of the molecule is CCn1nc(C)cc1C(=O)N=c1n(C)c2cc(C(N)=O)ccc2n1CCC(CCn1c(=NC(=O)c2cc(C)nn2CC)n(C)c2cc(C(N)=O)ccc21)OCC(=O)N1CCN(C(C)=O)CC1. The van der Waals surface area contributed by atoms with E-state index in [-0.39, 0.29) is 42.6 Å². The second-order valence-corrected chi connectivity index (χ2v) is 16.4. The Morgan fingerprint density at radius 2 is 1.08 bits per heavy atom. The minimum Gasteiger partial charge on any atom is -0.368 e. The molecular weight excluding hydrogens is 849 g/mol. The van der Waals surface area contributed by atoms with E-state index < -0.39 is 29.7 Å². The largest absolute Gasteiger partial charge is 0.368 e. The fourth-order valence-corrected chi connectivity index (χ4v) is 8.47. The number of aryl methyl sites for hydroxylation is 8. The number of rotatable bonds is 15. The van der Waals surface area contributed by atoms with Crippen LogP contribution in [0.4, 0.5) is 0 Å². The molecule has 1 saturated heterocycles. The van der Waals surface area contributed by atoms with E-state index in [1.54, 1.807) is 105 Å². The van der Waals surface area contributed by atoms with Gasteiger partial charge in [0.1, 0.15) is 18.0 Å². The number of nitrogens with zero attached hydrogens (tertiary/aromatic N) is 12. The van der Waals surface area contributed by atoms with Gasteiger partial charge in [-0.15, -0.1) is 0 Å². The van der Waals surface area contributed by atoms with E-state index in [1.165, 1.54) is 6.92 Å². The number of aromatic nitrogens is 8. The topological polar surface area (TPSA) is 250 Å². The maximum Gasteiger partial charge on any atom is 0.298 e. The number of piperazine rings is 1. The van der Waals surface area contributed by atoms with Crippen molar-refractivity contribution in [2.75, 3.05) is 32.8 Å². The summed E-state index contributed by atoms with van der Waals surface area (Å²) in [6.45, 7) is 11.6. The fourth-order valence-electron chi connectivity index (χ4n) is 8.47. The van der Waals surface area contributed by atoms with Gasteiger partial charge in [-0.25, -0.2) is 0 Å². The number of amides is 6. The van der Waals surface area contributed by atoms with Crippen LogP contribution in [-0.4, -0.2) is 122 Å². The first-order chi connectivity index (χ1) is 31.5. The maximum absolute atomic E-state index is 13.9. The van der Waals surface area contributed by atoms with Crippen molar-refractivity contribution in [1.29, 1.82) is 0 Å². The zero-order valence-corrected chi connectivity index (χ0v) is 38.4. The molecule has 0 saturated carbocycles. The Bertz CT molecular complexity index is 2860. The lowest BCUT2D eigenvalue weighted by atomic mass is 10.1. The zero-order valence-electron chi connectivity index (χ0n) is 38.4. The molecule has 1 aliphatic rings. The Labute approximate surface area is 379 Å². The lowest BCUT2D eigenvalue weighted by Crippen LogP contribution is -2.51. The molecule has 2 aromatic carbocycles. The van der Waals surface area contributed by atoms with Gasteiger partial charge in [-0.2, -0.15) is 20.2 Å². The molecule has 0 atom stereocenters. The van der Waals surface area contributed by atoms with Crippen LogP contribution in [0.15, 0.2) is 58.5 Å². The molecule has 1 aliphatic heterocycles. The first kappa shape index (κ1) is 46.6. The van der Waals surface area contributed by atoms with Crippen molar-refractivity contribution in [1.82, 2.24) is 47.6 Å². The first-order valence-electron chi connectivity index (χ1n) is 21.9. The van der Waals surface area contributed by atoms with Gasteiger partial charge in [0.15, 0.2) is 0 Å². The number of primary amides is 2. The molecule has 0 radical (unpaired) electrons. The molecule has 5 heterocycles. The summed E-state index contributed by atoms with van der Waals surface area (Å²) in [6.07, 6.45) is 0.0214. The molecular formula is C45H56N14O7. The maximum atomic E-state index is 13.9. The molecule has 4 N–H and O–H groups in total. The lowest BCUT2D eigenvalue weighted by Gasteiger charge is -2.34. The highest BCUT2D eigenvalue weighted by Crippen LogP contribution is 2.20. The monoisotopic (exact) mass is 904 g/mol. The first-order valence-corrected chi connectivity index (χ1v) is 21.9. The molecule has 66 heavy (non-hydrogen) atoms. The zero-order chi connectivity index (χ0) is 47.6. The number of hydrogen-bond donors (Lipinski definition) is 2. The van der Waals surface area contributed by atoms with Crippen LogP contribution in [0.25, 0.3) is 22.1 Å². The van der Waals surface area contributed by atoms with Gasteiger partial charge in [-0.05, 0) is 89.1 Å². The Morgan fingerprint density at radius 3 is 1.47 bits per heavy atom. The molecule has 348 valence electrons. The fraction of sp³-hybridized carbons (Fsp3) is 0.422. The second kappa shape index (κ2) is 19.4. The average Bonchev–Trinajstić information content (AvgIpc) is 4.03. The van der Waals surface area contributed by atoms with Crippen LogP contribution >= 0.6 is 0 Å². The Balaban J connectivity index is 1.27. The van der Waals surface area contributed by atoms with Gasteiger partial charge >= 0.3 is 0 Å². The van der Waals surface area contributed by atoms with Gasteiger partial charge in [0.25, 0.3) is 11.8 Å². The van der Waals surface area contributed by atoms with Crippen molar-refractivity contribution >= 4 is 57.5 Å². The van der Waals surface area contributed by atoms with Crippen LogP contribution in [-0.2, 0) is 54.6 Å². The van der Waals surface area contributed by atoms with Crippen molar-refractivity contribution in [3.63, 3.8) is 0 Å². The molecule has 0 spiro atoms. The molecule has 0 unspecified atom stereocenters. The molecule has 0 bridgehead atoms. The highest BCUT2D eigenvalue weighted by atomic mass is 16.5. The van der Waals surface area contributed by atoms with Crippen LogP contribution < -0.4 is 22.7 Å². The van der Waals surface area contributed by atoms with Crippen molar-refractivity contribution in [2.45, 2.75) is 79.7 Å². The highest BCUT2D eigenvalue weighted by Gasteiger charge is 2.25. The third kappa shape index (κ3) is 9.51. The van der Waals surface area contributed by atoms with Gasteiger partial charge in [-0.1, -0.05) is 0 Å². The summed E-state index contributed by atoms with van der Waals surface area (Å²) in [4.78, 5) is 90.6. The summed E-state index contributed by atoms with van der Waals surface area (Å²) >= 11 is 0. The van der Waals surface area contributed by atoms with E-state index in [0.717, 1.165) is 0 Å². The van der Waals surface area contributed by atoms with E-state index >= 15 is 0 Å². The van der Waals surface area contributed by atoms with Crippen LogP contribution in [0.5, 0.6) is 0 Å². The number of carbonyl (C=O) groups is 6. The van der Waals surface area contributed by atoms with Crippen molar-refractivity contribution in [2.24, 2.45) is 35.5 Å². The number of nitrogens with two attached hydrogens (primary N) is 2. The Hall–Kier alpha value is -7.42. The number of fused-ring (bicyclic) bond motifs is 2. The molecule has 0 aliphatic carbocycles. The van der Waals surface area contributed by atoms with Crippen LogP contribution in [0.1, 0.15) is 86.7 Å².